The molecule has 0 aliphatic heterocycles. The van der Waals surface area contributed by atoms with Crippen molar-refractivity contribution < 1.29 is 9.90 Å². The minimum atomic E-state index is -1.20. The summed E-state index contributed by atoms with van der Waals surface area (Å²) in [5, 5.41) is 10.9. The van der Waals surface area contributed by atoms with Gasteiger partial charge in [0.05, 0.1) is 11.5 Å². The van der Waals surface area contributed by atoms with Gasteiger partial charge in [-0.2, -0.15) is 0 Å². The van der Waals surface area contributed by atoms with Gasteiger partial charge < -0.3 is 21.4 Å². The molecule has 0 saturated carbocycles. The van der Waals surface area contributed by atoms with Crippen LogP contribution in [-0.2, 0) is 10.3 Å². The molecule has 0 bridgehead atoms. The molecule has 88 valence electrons. The van der Waals surface area contributed by atoms with Crippen LogP contribution in [0.25, 0.3) is 0 Å². The maximum atomic E-state index is 10.9. The molecule has 1 aromatic rings. The molecular formula is C13H13N2O2-. The molecule has 1 unspecified atom stereocenters. The quantitative estimate of drug-likeness (QED) is 0.701. The molecule has 0 saturated heterocycles. The lowest BCUT2D eigenvalue weighted by molar-refractivity contribution is -0.299. The lowest BCUT2D eigenvalue weighted by Crippen LogP contribution is -2.40. The number of nitrogen functional groups attached to an aromatic ring is 1. The van der Waals surface area contributed by atoms with Crippen molar-refractivity contribution in [2.75, 3.05) is 5.73 Å². The zero-order valence-corrected chi connectivity index (χ0v) is 9.22. The number of carboxylic acids is 1. The number of hydrogen-bond acceptors (Lipinski definition) is 4. The summed E-state index contributed by atoms with van der Waals surface area (Å²) in [6.07, 6.45) is 5.06. The molecule has 0 heterocycles. The number of benzene rings is 1. The summed E-state index contributed by atoms with van der Waals surface area (Å²) in [6, 6.07) is 7.18. The van der Waals surface area contributed by atoms with Crippen molar-refractivity contribution in [3.63, 3.8) is 0 Å². The molecule has 1 atom stereocenters. The van der Waals surface area contributed by atoms with Crippen LogP contribution in [0.2, 0.25) is 0 Å². The van der Waals surface area contributed by atoms with Crippen molar-refractivity contribution >= 4 is 11.7 Å². The van der Waals surface area contributed by atoms with Crippen molar-refractivity contribution in [2.45, 2.75) is 12.0 Å². The van der Waals surface area contributed by atoms with E-state index in [0.29, 0.717) is 5.69 Å². The Labute approximate surface area is 99.2 Å². The van der Waals surface area contributed by atoms with Crippen LogP contribution < -0.4 is 16.6 Å². The molecule has 0 fully saturated rings. The summed E-state index contributed by atoms with van der Waals surface area (Å²) in [5.74, 6) is -1.20. The molecule has 0 amide bonds. The molecule has 4 N–H and O–H groups in total. The summed E-state index contributed by atoms with van der Waals surface area (Å²) in [7, 11) is 0. The highest BCUT2D eigenvalue weighted by Crippen LogP contribution is 2.33. The van der Waals surface area contributed by atoms with E-state index in [0.717, 1.165) is 5.56 Å². The predicted molar refractivity (Wildman–Crippen MR) is 63.6 cm³/mol. The van der Waals surface area contributed by atoms with Crippen molar-refractivity contribution in [2.24, 2.45) is 5.73 Å². The number of anilines is 1. The number of carboxylic acid groups (broad SMARTS) is 1. The van der Waals surface area contributed by atoms with Gasteiger partial charge in [0.2, 0.25) is 0 Å². The minimum Gasteiger partial charge on any atom is -0.545 e. The van der Waals surface area contributed by atoms with Crippen LogP contribution in [0.3, 0.4) is 0 Å². The molecule has 1 aliphatic carbocycles. The third-order valence-electron chi connectivity index (χ3n) is 2.90. The van der Waals surface area contributed by atoms with E-state index >= 15 is 0 Å². The van der Waals surface area contributed by atoms with Crippen LogP contribution in [0.15, 0.2) is 48.1 Å². The van der Waals surface area contributed by atoms with Crippen LogP contribution in [0.4, 0.5) is 5.69 Å². The van der Waals surface area contributed by atoms with Gasteiger partial charge in [-0.3, -0.25) is 0 Å². The third-order valence-corrected chi connectivity index (χ3v) is 2.90. The second kappa shape index (κ2) is 4.07. The molecule has 0 spiro atoms. The van der Waals surface area contributed by atoms with Gasteiger partial charge in [0.15, 0.2) is 0 Å². The average molecular weight is 229 g/mol. The van der Waals surface area contributed by atoms with E-state index in [1.54, 1.807) is 24.3 Å². The Bertz CT molecular complexity index is 520. The molecule has 17 heavy (non-hydrogen) atoms. The summed E-state index contributed by atoms with van der Waals surface area (Å²) < 4.78 is 0. The van der Waals surface area contributed by atoms with Crippen molar-refractivity contribution in [3.8, 4) is 0 Å². The number of allylic oxidation sites excluding steroid dienone is 2. The van der Waals surface area contributed by atoms with E-state index in [1.165, 1.54) is 6.08 Å². The standard InChI is InChI=1S/C13H14N2O2/c14-11-6-2-1-5-10(11)13(15)7-3-4-9(8-13)12(16)17/h1-7H,8,14-15H2,(H,16,17)/p-1. The first-order chi connectivity index (χ1) is 8.03. The Morgan fingerprint density at radius 1 is 1.35 bits per heavy atom. The van der Waals surface area contributed by atoms with Gasteiger partial charge in [-0.05, 0) is 17.2 Å². The average Bonchev–Trinajstić information content (AvgIpc) is 2.29. The van der Waals surface area contributed by atoms with E-state index in [4.69, 9.17) is 11.5 Å². The molecule has 2 rings (SSSR count). The van der Waals surface area contributed by atoms with Crippen molar-refractivity contribution in [3.05, 3.63) is 53.6 Å². The fourth-order valence-corrected chi connectivity index (χ4v) is 2.02. The fraction of sp³-hybridized carbons (Fsp3) is 0.154. The number of carbonyl (C=O) groups excluding carboxylic acids is 1. The van der Waals surface area contributed by atoms with Crippen LogP contribution in [0.1, 0.15) is 12.0 Å². The summed E-state index contributed by atoms with van der Waals surface area (Å²) in [6.45, 7) is 0. The Morgan fingerprint density at radius 3 is 2.71 bits per heavy atom. The maximum absolute atomic E-state index is 10.9. The molecule has 4 nitrogen and oxygen atoms in total. The van der Waals surface area contributed by atoms with Gasteiger partial charge in [0.1, 0.15) is 0 Å². The van der Waals surface area contributed by atoms with E-state index in [-0.39, 0.29) is 12.0 Å². The van der Waals surface area contributed by atoms with Crippen LogP contribution >= 0.6 is 0 Å². The Hall–Kier alpha value is -2.07. The second-order valence-electron chi connectivity index (χ2n) is 4.14. The zero-order chi connectivity index (χ0) is 12.5. The van der Waals surface area contributed by atoms with E-state index in [1.807, 2.05) is 12.1 Å². The Balaban J connectivity index is 2.40. The number of rotatable bonds is 2. The first kappa shape index (κ1) is 11.4. The molecular weight excluding hydrogens is 216 g/mol. The first-order valence-corrected chi connectivity index (χ1v) is 5.26. The van der Waals surface area contributed by atoms with Crippen LogP contribution in [0, 0.1) is 0 Å². The topological polar surface area (TPSA) is 92.2 Å². The highest BCUT2D eigenvalue weighted by atomic mass is 16.4. The fourth-order valence-electron chi connectivity index (χ4n) is 2.02. The second-order valence-corrected chi connectivity index (χ2v) is 4.14. The van der Waals surface area contributed by atoms with Gasteiger partial charge in [0, 0.05) is 12.1 Å². The lowest BCUT2D eigenvalue weighted by Gasteiger charge is -2.31. The SMILES string of the molecule is Nc1ccccc1C1(N)C=CC=C(C(=O)[O-])C1. The minimum absolute atomic E-state index is 0.179. The van der Waals surface area contributed by atoms with Gasteiger partial charge in [0.25, 0.3) is 0 Å². The number of aliphatic carboxylic acids is 1. The molecule has 0 radical (unpaired) electrons. The van der Waals surface area contributed by atoms with Crippen LogP contribution in [0.5, 0.6) is 0 Å². The summed E-state index contributed by atoms with van der Waals surface area (Å²) in [4.78, 5) is 10.9. The van der Waals surface area contributed by atoms with E-state index in [2.05, 4.69) is 0 Å². The smallest absolute Gasteiger partial charge is 0.0675 e. The zero-order valence-electron chi connectivity index (χ0n) is 9.22. The summed E-state index contributed by atoms with van der Waals surface area (Å²) in [5.41, 5.74) is 12.7. The van der Waals surface area contributed by atoms with Gasteiger partial charge in [-0.1, -0.05) is 36.4 Å². The Morgan fingerprint density at radius 2 is 2.06 bits per heavy atom. The van der Waals surface area contributed by atoms with Crippen LogP contribution in [-0.4, -0.2) is 5.97 Å². The van der Waals surface area contributed by atoms with Gasteiger partial charge in [-0.25, -0.2) is 0 Å². The predicted octanol–water partition coefficient (Wildman–Crippen LogP) is 0.0590. The first-order valence-electron chi connectivity index (χ1n) is 5.26. The molecule has 1 aromatic carbocycles. The largest absolute Gasteiger partial charge is 0.545 e. The number of hydrogen-bond donors (Lipinski definition) is 2. The van der Waals surface area contributed by atoms with Crippen molar-refractivity contribution in [1.82, 2.24) is 0 Å². The van der Waals surface area contributed by atoms with Crippen molar-refractivity contribution in [1.29, 1.82) is 0 Å². The number of carbonyl (C=O) groups is 1. The summed E-state index contributed by atoms with van der Waals surface area (Å²) >= 11 is 0. The highest BCUT2D eigenvalue weighted by molar-refractivity contribution is 5.86. The highest BCUT2D eigenvalue weighted by Gasteiger charge is 2.29. The van der Waals surface area contributed by atoms with Gasteiger partial charge in [-0.15, -0.1) is 0 Å². The number of nitrogens with two attached hydrogens (primary N) is 2. The lowest BCUT2D eigenvalue weighted by atomic mass is 9.81. The number of para-hydroxylation sites is 1. The maximum Gasteiger partial charge on any atom is 0.0675 e. The Kier molecular flexibility index (Phi) is 2.73. The molecule has 0 aromatic heterocycles. The normalized spacial score (nSPS) is 23.2. The van der Waals surface area contributed by atoms with E-state index < -0.39 is 11.5 Å². The molecule has 4 heteroatoms. The monoisotopic (exact) mass is 229 g/mol. The molecule has 1 aliphatic rings. The van der Waals surface area contributed by atoms with E-state index in [9.17, 15) is 9.90 Å². The third kappa shape index (κ3) is 2.07. The van der Waals surface area contributed by atoms with Gasteiger partial charge >= 0.3 is 0 Å².